The van der Waals surface area contributed by atoms with Gasteiger partial charge in [0, 0.05) is 5.41 Å². The number of aryl methyl sites for hydroxylation is 1. The van der Waals surface area contributed by atoms with Crippen LogP contribution in [0, 0.1) is 6.92 Å². The van der Waals surface area contributed by atoms with Crippen LogP contribution in [0.15, 0.2) is 60.7 Å². The van der Waals surface area contributed by atoms with Crippen molar-refractivity contribution >= 4 is 8.32 Å². The van der Waals surface area contributed by atoms with Gasteiger partial charge in [-0.05, 0) is 60.8 Å². The molecule has 0 saturated carbocycles. The van der Waals surface area contributed by atoms with E-state index < -0.39 is 8.32 Å². The van der Waals surface area contributed by atoms with Crippen molar-refractivity contribution in [3.8, 4) is 5.75 Å². The molecule has 2 rings (SSSR count). The summed E-state index contributed by atoms with van der Waals surface area (Å²) >= 11 is 0. The van der Waals surface area contributed by atoms with Crippen LogP contribution in [0.4, 0.5) is 0 Å². The molecule has 0 fully saturated rings. The molecular weight excluding hydrogens is 400 g/mol. The molecule has 3 nitrogen and oxygen atoms in total. The third kappa shape index (κ3) is 7.06. The van der Waals surface area contributed by atoms with Crippen LogP contribution < -0.4 is 4.74 Å². The lowest BCUT2D eigenvalue weighted by Gasteiger charge is -2.36. The molecule has 0 N–H and O–H groups in total. The Balaban J connectivity index is 2.11. The van der Waals surface area contributed by atoms with E-state index in [9.17, 15) is 0 Å². The van der Waals surface area contributed by atoms with E-state index in [-0.39, 0.29) is 10.5 Å². The molecule has 0 bridgehead atoms. The van der Waals surface area contributed by atoms with Crippen LogP contribution in [0.3, 0.4) is 0 Å². The quantitative estimate of drug-likeness (QED) is 0.292. The number of hydrogen-bond donors (Lipinski definition) is 0. The molecule has 0 amide bonds. The van der Waals surface area contributed by atoms with Crippen LogP contribution in [0.2, 0.25) is 18.1 Å². The Bertz CT molecular complexity index is 850. The predicted molar refractivity (Wildman–Crippen MR) is 133 cm³/mol. The standard InChI is InChI=1S/C27H40O3Si/c1-22-12-9-10-13-25(22)27(5,18-11-19-30-31(7,8)26(2,3)4)21-29-20-23-14-16-24(28-6)17-15-23/h9-18H,19-21H2,1-8H3/b18-11+/t27-/m0/s1. The fraction of sp³-hybridized carbons (Fsp3) is 0.481. The fourth-order valence-electron chi connectivity index (χ4n) is 3.31. The SMILES string of the molecule is COc1ccc(COC[C@](C)(/C=C/CO[Si](C)(C)C(C)(C)C)c2ccccc2C)cc1. The highest BCUT2D eigenvalue weighted by Crippen LogP contribution is 2.36. The molecule has 0 unspecified atom stereocenters. The molecule has 0 aromatic heterocycles. The Morgan fingerprint density at radius 3 is 2.16 bits per heavy atom. The van der Waals surface area contributed by atoms with E-state index in [0.29, 0.717) is 19.8 Å². The molecule has 2 aromatic carbocycles. The molecule has 4 heteroatoms. The van der Waals surface area contributed by atoms with E-state index in [4.69, 9.17) is 13.9 Å². The van der Waals surface area contributed by atoms with Gasteiger partial charge in [-0.2, -0.15) is 0 Å². The van der Waals surface area contributed by atoms with Crippen molar-refractivity contribution in [3.05, 3.63) is 77.4 Å². The molecule has 2 aromatic rings. The Kier molecular flexibility index (Phi) is 8.70. The fourth-order valence-corrected chi connectivity index (χ4v) is 4.26. The zero-order valence-corrected chi connectivity index (χ0v) is 21.6. The van der Waals surface area contributed by atoms with Gasteiger partial charge in [0.1, 0.15) is 5.75 Å². The minimum Gasteiger partial charge on any atom is -0.497 e. The molecule has 0 heterocycles. The Morgan fingerprint density at radius 2 is 1.58 bits per heavy atom. The number of rotatable bonds is 10. The summed E-state index contributed by atoms with van der Waals surface area (Å²) in [6.07, 6.45) is 4.43. The van der Waals surface area contributed by atoms with Gasteiger partial charge in [0.15, 0.2) is 8.32 Å². The van der Waals surface area contributed by atoms with Crippen molar-refractivity contribution in [3.63, 3.8) is 0 Å². The van der Waals surface area contributed by atoms with Crippen molar-refractivity contribution in [1.82, 2.24) is 0 Å². The molecular formula is C27H40O3Si. The Hall–Kier alpha value is -1.88. The molecule has 31 heavy (non-hydrogen) atoms. The van der Waals surface area contributed by atoms with Crippen LogP contribution in [0.1, 0.15) is 44.4 Å². The predicted octanol–water partition coefficient (Wildman–Crippen LogP) is 7.06. The topological polar surface area (TPSA) is 27.7 Å². The van der Waals surface area contributed by atoms with Crippen LogP contribution >= 0.6 is 0 Å². The van der Waals surface area contributed by atoms with Crippen LogP contribution in [-0.2, 0) is 21.2 Å². The van der Waals surface area contributed by atoms with Gasteiger partial charge in [-0.1, -0.05) is 69.3 Å². The molecule has 170 valence electrons. The van der Waals surface area contributed by atoms with Crippen molar-refractivity contribution < 1.29 is 13.9 Å². The largest absolute Gasteiger partial charge is 0.497 e. The van der Waals surface area contributed by atoms with E-state index >= 15 is 0 Å². The lowest BCUT2D eigenvalue weighted by Crippen LogP contribution is -2.40. The Morgan fingerprint density at radius 1 is 0.935 bits per heavy atom. The third-order valence-corrected chi connectivity index (χ3v) is 10.9. The van der Waals surface area contributed by atoms with E-state index in [0.717, 1.165) is 11.3 Å². The van der Waals surface area contributed by atoms with Gasteiger partial charge in [-0.15, -0.1) is 0 Å². The van der Waals surface area contributed by atoms with E-state index in [2.05, 4.69) is 84.1 Å². The first-order chi connectivity index (χ1) is 14.5. The van der Waals surface area contributed by atoms with Crippen molar-refractivity contribution in [2.75, 3.05) is 20.3 Å². The Labute approximate surface area is 190 Å². The van der Waals surface area contributed by atoms with E-state index in [1.165, 1.54) is 11.1 Å². The van der Waals surface area contributed by atoms with Crippen LogP contribution in [-0.4, -0.2) is 28.6 Å². The summed E-state index contributed by atoms with van der Waals surface area (Å²) in [5, 5.41) is 0.210. The summed E-state index contributed by atoms with van der Waals surface area (Å²) in [7, 11) is -0.0807. The first-order valence-electron chi connectivity index (χ1n) is 11.1. The molecule has 1 atom stereocenters. The minimum absolute atomic E-state index is 0.210. The van der Waals surface area contributed by atoms with Gasteiger partial charge in [-0.3, -0.25) is 0 Å². The average molecular weight is 441 g/mol. The minimum atomic E-state index is -1.76. The number of benzene rings is 2. The highest BCUT2D eigenvalue weighted by atomic mass is 28.4. The first kappa shape index (κ1) is 25.4. The van der Waals surface area contributed by atoms with Crippen LogP contribution in [0.5, 0.6) is 5.75 Å². The monoisotopic (exact) mass is 440 g/mol. The third-order valence-electron chi connectivity index (χ3n) is 6.42. The molecule has 0 aliphatic rings. The number of hydrogen-bond acceptors (Lipinski definition) is 3. The summed E-state index contributed by atoms with van der Waals surface area (Å²) in [6, 6.07) is 16.6. The van der Waals surface area contributed by atoms with Gasteiger partial charge >= 0.3 is 0 Å². The maximum atomic E-state index is 6.35. The van der Waals surface area contributed by atoms with Gasteiger partial charge in [0.2, 0.25) is 0 Å². The highest BCUT2D eigenvalue weighted by molar-refractivity contribution is 6.74. The van der Waals surface area contributed by atoms with Gasteiger partial charge in [0.05, 0.1) is 26.9 Å². The molecule has 0 radical (unpaired) electrons. The summed E-state index contributed by atoms with van der Waals surface area (Å²) < 4.78 is 17.8. The summed E-state index contributed by atoms with van der Waals surface area (Å²) in [5.74, 6) is 0.859. The number of methoxy groups -OCH3 is 1. The average Bonchev–Trinajstić information content (AvgIpc) is 2.71. The van der Waals surface area contributed by atoms with Crippen molar-refractivity contribution in [2.24, 2.45) is 0 Å². The second kappa shape index (κ2) is 10.6. The summed E-state index contributed by atoms with van der Waals surface area (Å²) in [4.78, 5) is 0. The normalized spacial score (nSPS) is 14.6. The first-order valence-corrected chi connectivity index (χ1v) is 14.0. The van der Waals surface area contributed by atoms with Gasteiger partial charge in [0.25, 0.3) is 0 Å². The lowest BCUT2D eigenvalue weighted by molar-refractivity contribution is 0.0907. The summed E-state index contributed by atoms with van der Waals surface area (Å²) in [6.45, 7) is 17.6. The molecule has 0 saturated heterocycles. The second-order valence-corrected chi connectivity index (χ2v) is 14.9. The molecule has 0 aliphatic heterocycles. The highest BCUT2D eigenvalue weighted by Gasteiger charge is 2.36. The summed E-state index contributed by atoms with van der Waals surface area (Å²) in [5.41, 5.74) is 3.47. The number of ether oxygens (including phenoxy) is 2. The maximum absolute atomic E-state index is 6.35. The lowest BCUT2D eigenvalue weighted by atomic mass is 9.80. The van der Waals surface area contributed by atoms with Gasteiger partial charge in [-0.25, -0.2) is 0 Å². The molecule has 0 spiro atoms. The zero-order chi connectivity index (χ0) is 23.1. The van der Waals surface area contributed by atoms with E-state index in [1.54, 1.807) is 7.11 Å². The smallest absolute Gasteiger partial charge is 0.192 e. The van der Waals surface area contributed by atoms with E-state index in [1.807, 2.05) is 24.3 Å². The van der Waals surface area contributed by atoms with Crippen LogP contribution in [0.25, 0.3) is 0 Å². The van der Waals surface area contributed by atoms with Crippen molar-refractivity contribution in [1.29, 1.82) is 0 Å². The van der Waals surface area contributed by atoms with Gasteiger partial charge < -0.3 is 13.9 Å². The van der Waals surface area contributed by atoms with Crippen molar-refractivity contribution in [2.45, 2.75) is 64.8 Å². The molecule has 0 aliphatic carbocycles. The maximum Gasteiger partial charge on any atom is 0.192 e. The second-order valence-electron chi connectivity index (χ2n) is 10.0. The zero-order valence-electron chi connectivity index (χ0n) is 20.6.